The summed E-state index contributed by atoms with van der Waals surface area (Å²) < 4.78 is 5.84. The molecule has 2 nitrogen and oxygen atoms in total. The van der Waals surface area contributed by atoms with Gasteiger partial charge in [-0.05, 0) is 19.4 Å². The van der Waals surface area contributed by atoms with Crippen molar-refractivity contribution in [2.45, 2.75) is 19.4 Å². The minimum absolute atomic E-state index is 0.149. The molecule has 0 aliphatic carbocycles. The van der Waals surface area contributed by atoms with Gasteiger partial charge in [0.25, 0.3) is 0 Å². The van der Waals surface area contributed by atoms with E-state index < -0.39 is 0 Å². The Labute approximate surface area is 85.3 Å². The molecule has 0 saturated carbocycles. The predicted molar refractivity (Wildman–Crippen MR) is 57.4 cm³/mol. The van der Waals surface area contributed by atoms with Crippen molar-refractivity contribution in [3.8, 4) is 0 Å². The van der Waals surface area contributed by atoms with Crippen molar-refractivity contribution in [3.05, 3.63) is 35.4 Å². The fraction of sp³-hybridized carbons (Fsp3) is 0.500. The Kier molecular flexibility index (Phi) is 2.57. The van der Waals surface area contributed by atoms with E-state index in [4.69, 9.17) is 4.74 Å². The van der Waals surface area contributed by atoms with Crippen molar-refractivity contribution < 1.29 is 4.74 Å². The van der Waals surface area contributed by atoms with Crippen molar-refractivity contribution in [1.29, 1.82) is 0 Å². The Morgan fingerprint density at radius 1 is 1.43 bits per heavy atom. The molecule has 0 radical (unpaired) electrons. The highest BCUT2D eigenvalue weighted by Gasteiger charge is 2.29. The number of morpholine rings is 1. The molecule has 2 heteroatoms. The van der Waals surface area contributed by atoms with Crippen LogP contribution in [0.25, 0.3) is 0 Å². The molecule has 0 amide bonds. The summed E-state index contributed by atoms with van der Waals surface area (Å²) in [5, 5.41) is 3.37. The van der Waals surface area contributed by atoms with Gasteiger partial charge in [-0.25, -0.2) is 0 Å². The third-order valence-corrected chi connectivity index (χ3v) is 2.79. The van der Waals surface area contributed by atoms with Crippen LogP contribution >= 0.6 is 0 Å². The summed E-state index contributed by atoms with van der Waals surface area (Å²) in [5.74, 6) is 0. The first-order valence-corrected chi connectivity index (χ1v) is 5.12. The van der Waals surface area contributed by atoms with E-state index in [0.717, 1.165) is 19.7 Å². The summed E-state index contributed by atoms with van der Waals surface area (Å²) in [6.07, 6.45) is 0. The topological polar surface area (TPSA) is 21.3 Å². The lowest BCUT2D eigenvalue weighted by atomic mass is 9.93. The quantitative estimate of drug-likeness (QED) is 0.731. The highest BCUT2D eigenvalue weighted by molar-refractivity contribution is 5.27. The molecule has 1 atom stereocenters. The highest BCUT2D eigenvalue weighted by Crippen LogP contribution is 2.26. The fourth-order valence-corrected chi connectivity index (χ4v) is 1.89. The van der Waals surface area contributed by atoms with Crippen LogP contribution in [0.1, 0.15) is 18.1 Å². The molecule has 1 saturated heterocycles. The molecule has 1 aliphatic rings. The number of rotatable bonds is 1. The number of aryl methyl sites for hydroxylation is 1. The van der Waals surface area contributed by atoms with Gasteiger partial charge in [0.05, 0.1) is 6.61 Å². The van der Waals surface area contributed by atoms with Crippen molar-refractivity contribution in [2.75, 3.05) is 19.7 Å². The lowest BCUT2D eigenvalue weighted by Crippen LogP contribution is -2.45. The van der Waals surface area contributed by atoms with E-state index in [2.05, 4.69) is 43.4 Å². The molecular weight excluding hydrogens is 174 g/mol. The van der Waals surface area contributed by atoms with Crippen LogP contribution in [0, 0.1) is 6.92 Å². The van der Waals surface area contributed by atoms with Crippen LogP contribution in [-0.4, -0.2) is 19.7 Å². The summed E-state index contributed by atoms with van der Waals surface area (Å²) in [6.45, 7) is 6.92. The lowest BCUT2D eigenvalue weighted by Gasteiger charge is -2.35. The number of hydrogen-bond donors (Lipinski definition) is 1. The summed E-state index contributed by atoms with van der Waals surface area (Å²) in [6, 6.07) is 8.55. The monoisotopic (exact) mass is 191 g/mol. The van der Waals surface area contributed by atoms with Gasteiger partial charge in [-0.3, -0.25) is 0 Å². The smallest absolute Gasteiger partial charge is 0.103 e. The van der Waals surface area contributed by atoms with Gasteiger partial charge >= 0.3 is 0 Å². The number of nitrogens with one attached hydrogen (secondary N) is 1. The lowest BCUT2D eigenvalue weighted by molar-refractivity contribution is -0.0572. The van der Waals surface area contributed by atoms with E-state index in [1.165, 1.54) is 11.1 Å². The molecule has 0 spiro atoms. The van der Waals surface area contributed by atoms with Gasteiger partial charge in [0, 0.05) is 13.1 Å². The van der Waals surface area contributed by atoms with E-state index in [1.807, 2.05) is 0 Å². The van der Waals surface area contributed by atoms with Crippen molar-refractivity contribution >= 4 is 0 Å². The molecule has 0 bridgehead atoms. The van der Waals surface area contributed by atoms with E-state index in [0.29, 0.717) is 0 Å². The molecule has 0 aromatic heterocycles. The number of ether oxygens (including phenoxy) is 1. The summed E-state index contributed by atoms with van der Waals surface area (Å²) in [5.41, 5.74) is 2.41. The van der Waals surface area contributed by atoms with Gasteiger partial charge in [0.15, 0.2) is 0 Å². The first kappa shape index (κ1) is 9.69. The average Bonchev–Trinajstić information content (AvgIpc) is 2.19. The summed E-state index contributed by atoms with van der Waals surface area (Å²) in [4.78, 5) is 0. The first-order chi connectivity index (χ1) is 6.71. The van der Waals surface area contributed by atoms with Crippen LogP contribution in [0.4, 0.5) is 0 Å². The number of benzene rings is 1. The van der Waals surface area contributed by atoms with E-state index >= 15 is 0 Å². The molecule has 1 N–H and O–H groups in total. The third-order valence-electron chi connectivity index (χ3n) is 2.79. The Balaban J connectivity index is 2.28. The van der Waals surface area contributed by atoms with Gasteiger partial charge < -0.3 is 10.1 Å². The Morgan fingerprint density at radius 3 is 2.93 bits per heavy atom. The second kappa shape index (κ2) is 3.71. The van der Waals surface area contributed by atoms with Gasteiger partial charge in [0.1, 0.15) is 5.60 Å². The summed E-state index contributed by atoms with van der Waals surface area (Å²) >= 11 is 0. The predicted octanol–water partition coefficient (Wildman–Crippen LogP) is 1.83. The van der Waals surface area contributed by atoms with Crippen LogP contribution in [-0.2, 0) is 10.3 Å². The molecule has 76 valence electrons. The zero-order valence-electron chi connectivity index (χ0n) is 8.84. The van der Waals surface area contributed by atoms with Crippen molar-refractivity contribution in [1.82, 2.24) is 5.32 Å². The van der Waals surface area contributed by atoms with Gasteiger partial charge in [-0.15, -0.1) is 0 Å². The molecular formula is C12H17NO. The van der Waals surface area contributed by atoms with E-state index in [9.17, 15) is 0 Å². The normalized spacial score (nSPS) is 27.6. The maximum absolute atomic E-state index is 5.84. The maximum Gasteiger partial charge on any atom is 0.103 e. The van der Waals surface area contributed by atoms with E-state index in [1.54, 1.807) is 0 Å². The van der Waals surface area contributed by atoms with Crippen LogP contribution in [0.2, 0.25) is 0 Å². The van der Waals surface area contributed by atoms with Crippen molar-refractivity contribution in [2.24, 2.45) is 0 Å². The van der Waals surface area contributed by atoms with Gasteiger partial charge in [-0.1, -0.05) is 29.8 Å². The second-order valence-electron chi connectivity index (χ2n) is 4.13. The zero-order chi connectivity index (χ0) is 10.0. The molecule has 1 fully saturated rings. The zero-order valence-corrected chi connectivity index (χ0v) is 8.84. The standard InChI is InChI=1S/C12H17NO/c1-10-4-3-5-11(8-10)12(2)9-13-6-7-14-12/h3-5,8,13H,6-7,9H2,1-2H3. The van der Waals surface area contributed by atoms with Crippen LogP contribution < -0.4 is 5.32 Å². The molecule has 1 heterocycles. The van der Waals surface area contributed by atoms with Crippen LogP contribution in [0.5, 0.6) is 0 Å². The Bertz CT molecular complexity index is 316. The largest absolute Gasteiger partial charge is 0.368 e. The van der Waals surface area contributed by atoms with Gasteiger partial charge in [-0.2, -0.15) is 0 Å². The molecule has 1 unspecified atom stereocenters. The second-order valence-corrected chi connectivity index (χ2v) is 4.13. The van der Waals surface area contributed by atoms with Crippen LogP contribution in [0.3, 0.4) is 0 Å². The fourth-order valence-electron chi connectivity index (χ4n) is 1.89. The third kappa shape index (κ3) is 1.81. The van der Waals surface area contributed by atoms with E-state index in [-0.39, 0.29) is 5.60 Å². The molecule has 14 heavy (non-hydrogen) atoms. The maximum atomic E-state index is 5.84. The Hall–Kier alpha value is -0.860. The molecule has 1 aromatic carbocycles. The molecule has 1 aromatic rings. The number of hydrogen-bond acceptors (Lipinski definition) is 2. The first-order valence-electron chi connectivity index (χ1n) is 5.12. The molecule has 1 aliphatic heterocycles. The average molecular weight is 191 g/mol. The summed E-state index contributed by atoms with van der Waals surface area (Å²) in [7, 11) is 0. The molecule has 2 rings (SSSR count). The minimum Gasteiger partial charge on any atom is -0.368 e. The van der Waals surface area contributed by atoms with Crippen molar-refractivity contribution in [3.63, 3.8) is 0 Å². The minimum atomic E-state index is -0.149. The van der Waals surface area contributed by atoms with Crippen LogP contribution in [0.15, 0.2) is 24.3 Å². The van der Waals surface area contributed by atoms with Gasteiger partial charge in [0.2, 0.25) is 0 Å². The SMILES string of the molecule is Cc1cccc(C2(C)CNCCO2)c1. The Morgan fingerprint density at radius 2 is 2.29 bits per heavy atom. The highest BCUT2D eigenvalue weighted by atomic mass is 16.5.